The van der Waals surface area contributed by atoms with Crippen LogP contribution in [0.1, 0.15) is 69.6 Å². The maximum absolute atomic E-state index is 14.0. The molecule has 0 bridgehead atoms. The Bertz CT molecular complexity index is 2050. The van der Waals surface area contributed by atoms with Gasteiger partial charge in [0.05, 0.1) is 5.56 Å². The third-order valence-electron chi connectivity index (χ3n) is 10.0. The Morgan fingerprint density at radius 3 is 2.23 bits per heavy atom. The van der Waals surface area contributed by atoms with Crippen molar-refractivity contribution in [3.8, 4) is 17.0 Å². The van der Waals surface area contributed by atoms with E-state index >= 15 is 0 Å². The molecule has 1 aliphatic heterocycles. The van der Waals surface area contributed by atoms with E-state index in [0.717, 1.165) is 40.7 Å². The Morgan fingerprint density at radius 2 is 1.58 bits per heavy atom. The summed E-state index contributed by atoms with van der Waals surface area (Å²) in [7, 11) is 3.76. The van der Waals surface area contributed by atoms with Gasteiger partial charge in [-0.2, -0.15) is 10.1 Å². The van der Waals surface area contributed by atoms with Gasteiger partial charge in [-0.3, -0.25) is 9.59 Å². The highest BCUT2D eigenvalue weighted by Gasteiger charge is 2.31. The first-order chi connectivity index (χ1) is 27.4. The first-order valence-corrected chi connectivity index (χ1v) is 19.5. The number of carbonyl (C=O) groups excluding carboxylic acids is 3. The summed E-state index contributed by atoms with van der Waals surface area (Å²) in [6.45, 7) is 6.69. The van der Waals surface area contributed by atoms with Crippen LogP contribution in [0.4, 0.5) is 16.4 Å². The fraction of sp³-hybridized carbons (Fsp3) is 0.409. The smallest absolute Gasteiger partial charge is 0.407 e. The monoisotopic (exact) mass is 772 g/mol. The fourth-order valence-corrected chi connectivity index (χ4v) is 6.93. The van der Waals surface area contributed by atoms with Crippen molar-refractivity contribution in [1.82, 2.24) is 15.3 Å². The number of hydrogen-bond donors (Lipinski definition) is 2. The first kappa shape index (κ1) is 40.7. The van der Waals surface area contributed by atoms with Crippen molar-refractivity contribution in [3.05, 3.63) is 102 Å². The SMILES string of the molecule is CN(C)c1ncc(-c2ccc(C[C@H](CC(=O)C3CCC(CNC(=O)OC(C)(C)C)CC3)C(=O)Nc3ccc(C4=NCN=N4)cc3)cc2)c(OCc2ccccc2)n1. The quantitative estimate of drug-likeness (QED) is 0.123. The molecule has 1 fully saturated rings. The van der Waals surface area contributed by atoms with Crippen molar-refractivity contribution in [1.29, 1.82) is 0 Å². The Labute approximate surface area is 334 Å². The molecule has 1 aliphatic carbocycles. The Balaban J connectivity index is 1.14. The molecular formula is C44H52N8O5. The summed E-state index contributed by atoms with van der Waals surface area (Å²) in [4.78, 5) is 55.4. The van der Waals surface area contributed by atoms with E-state index in [1.54, 1.807) is 6.20 Å². The number of ketones is 1. The molecule has 6 rings (SSSR count). The van der Waals surface area contributed by atoms with Crippen molar-refractivity contribution < 1.29 is 23.9 Å². The van der Waals surface area contributed by atoms with Crippen molar-refractivity contribution in [2.24, 2.45) is 33.0 Å². The summed E-state index contributed by atoms with van der Waals surface area (Å²) in [5, 5.41) is 13.9. The number of benzene rings is 3. The predicted molar refractivity (Wildman–Crippen MR) is 220 cm³/mol. The van der Waals surface area contributed by atoms with Crippen molar-refractivity contribution in [2.45, 2.75) is 71.5 Å². The largest absolute Gasteiger partial charge is 0.472 e. The summed E-state index contributed by atoms with van der Waals surface area (Å²) in [5.41, 5.74) is 4.43. The van der Waals surface area contributed by atoms with E-state index in [1.807, 2.05) is 119 Å². The topological polar surface area (TPSA) is 160 Å². The normalized spacial score (nSPS) is 17.0. The lowest BCUT2D eigenvalue weighted by atomic mass is 9.77. The minimum Gasteiger partial charge on any atom is -0.472 e. The lowest BCUT2D eigenvalue weighted by molar-refractivity contribution is -0.129. The van der Waals surface area contributed by atoms with Gasteiger partial charge in [-0.15, -0.1) is 5.11 Å². The molecule has 1 aromatic heterocycles. The van der Waals surface area contributed by atoms with Crippen LogP contribution >= 0.6 is 0 Å². The molecule has 1 atom stereocenters. The zero-order chi connectivity index (χ0) is 40.4. The van der Waals surface area contributed by atoms with E-state index < -0.39 is 17.6 Å². The molecule has 13 nitrogen and oxygen atoms in total. The van der Waals surface area contributed by atoms with Crippen molar-refractivity contribution in [3.63, 3.8) is 0 Å². The minimum absolute atomic E-state index is 0.0867. The molecule has 0 spiro atoms. The maximum Gasteiger partial charge on any atom is 0.407 e. The Hall–Kier alpha value is -5.98. The fourth-order valence-electron chi connectivity index (χ4n) is 6.93. The highest BCUT2D eigenvalue weighted by atomic mass is 16.6. The van der Waals surface area contributed by atoms with Gasteiger partial charge < -0.3 is 25.0 Å². The van der Waals surface area contributed by atoms with Gasteiger partial charge in [-0.25, -0.2) is 14.8 Å². The van der Waals surface area contributed by atoms with E-state index in [0.29, 0.717) is 62.4 Å². The maximum atomic E-state index is 14.0. The number of azo groups is 1. The standard InChI is InChI=1S/C44H52N8O5/c1-44(2,3)57-43(55)46-25-30-13-17-33(18-14-30)38(53)24-35(40(54)49-36-21-19-34(20-22-36)39-47-28-48-51-39)23-29-11-15-32(16-12-29)37-26-45-42(52(4)5)50-41(37)56-27-31-9-7-6-8-10-31/h6-12,15-16,19-22,26,30,33,35H,13-14,17-18,23-25,27-28H2,1-5H3,(H,46,55)(H,49,54)/t30?,33?,35-/m1/s1. The summed E-state index contributed by atoms with van der Waals surface area (Å²) < 4.78 is 11.6. The number of aromatic nitrogens is 2. The second-order valence-corrected chi connectivity index (χ2v) is 15.9. The third-order valence-corrected chi connectivity index (χ3v) is 10.0. The second kappa shape index (κ2) is 18.8. The van der Waals surface area contributed by atoms with Crippen LogP contribution in [0.2, 0.25) is 0 Å². The molecule has 4 aromatic rings. The summed E-state index contributed by atoms with van der Waals surface area (Å²) in [6, 6.07) is 25.2. The molecule has 2 N–H and O–H groups in total. The van der Waals surface area contributed by atoms with Crippen LogP contribution in [0.25, 0.3) is 11.1 Å². The number of aliphatic imine (C=N–C) groups is 1. The van der Waals surface area contributed by atoms with Crippen LogP contribution < -0.4 is 20.3 Å². The lowest BCUT2D eigenvalue weighted by Crippen LogP contribution is -2.37. The van der Waals surface area contributed by atoms with Crippen LogP contribution in [-0.2, 0) is 27.4 Å². The van der Waals surface area contributed by atoms with Crippen molar-refractivity contribution >= 4 is 35.3 Å². The number of hydrogen-bond acceptors (Lipinski definition) is 11. The molecular weight excluding hydrogens is 721 g/mol. The zero-order valence-corrected chi connectivity index (χ0v) is 33.4. The Morgan fingerprint density at radius 1 is 0.877 bits per heavy atom. The average molecular weight is 773 g/mol. The van der Waals surface area contributed by atoms with E-state index in [9.17, 15) is 14.4 Å². The number of amidine groups is 1. The van der Waals surface area contributed by atoms with Crippen molar-refractivity contribution in [2.75, 3.05) is 37.5 Å². The number of carbonyl (C=O) groups is 3. The van der Waals surface area contributed by atoms with Gasteiger partial charge in [-0.05, 0) is 99.7 Å². The number of Topliss-reactive ketones (excluding diaryl/α,β-unsaturated/α-hetero) is 1. The van der Waals surface area contributed by atoms with Gasteiger partial charge >= 0.3 is 6.09 Å². The number of nitrogens with one attached hydrogen (secondary N) is 2. The van der Waals surface area contributed by atoms with E-state index in [2.05, 4.69) is 30.8 Å². The van der Waals surface area contributed by atoms with Crippen LogP contribution in [0, 0.1) is 17.8 Å². The third kappa shape index (κ3) is 11.8. The van der Waals surface area contributed by atoms with Crippen LogP contribution in [0.3, 0.4) is 0 Å². The summed E-state index contributed by atoms with van der Waals surface area (Å²) in [5.74, 6) is 0.961. The average Bonchev–Trinajstić information content (AvgIpc) is 3.75. The van der Waals surface area contributed by atoms with Gasteiger partial charge in [0.15, 0.2) is 12.5 Å². The molecule has 2 heterocycles. The predicted octanol–water partition coefficient (Wildman–Crippen LogP) is 8.05. The highest BCUT2D eigenvalue weighted by molar-refractivity contribution is 6.01. The van der Waals surface area contributed by atoms with Gasteiger partial charge in [-0.1, -0.05) is 54.6 Å². The number of ether oxygens (including phenoxy) is 2. The molecule has 2 aliphatic rings. The number of alkyl carbamates (subject to hydrolysis) is 1. The van der Waals surface area contributed by atoms with Gasteiger partial charge in [0.25, 0.3) is 0 Å². The van der Waals surface area contributed by atoms with Gasteiger partial charge in [0, 0.05) is 56.3 Å². The molecule has 0 unspecified atom stereocenters. The molecule has 298 valence electrons. The van der Waals surface area contributed by atoms with Crippen LogP contribution in [0.5, 0.6) is 5.88 Å². The number of amides is 2. The molecule has 1 saturated carbocycles. The number of anilines is 2. The molecule has 0 radical (unpaired) electrons. The summed E-state index contributed by atoms with van der Waals surface area (Å²) >= 11 is 0. The number of rotatable bonds is 15. The minimum atomic E-state index is -0.602. The number of nitrogens with zero attached hydrogens (tertiary/aromatic N) is 6. The highest BCUT2D eigenvalue weighted by Crippen LogP contribution is 2.33. The Kier molecular flexibility index (Phi) is 13.4. The lowest BCUT2D eigenvalue weighted by Gasteiger charge is -2.29. The molecule has 0 saturated heterocycles. The van der Waals surface area contributed by atoms with E-state index in [4.69, 9.17) is 14.5 Å². The van der Waals surface area contributed by atoms with Crippen LogP contribution in [0.15, 0.2) is 100 Å². The second-order valence-electron chi connectivity index (χ2n) is 15.9. The summed E-state index contributed by atoms with van der Waals surface area (Å²) in [6.07, 6.45) is 4.89. The molecule has 2 amide bonds. The van der Waals surface area contributed by atoms with E-state index in [1.165, 1.54) is 0 Å². The molecule has 13 heteroatoms. The molecule has 3 aromatic carbocycles. The van der Waals surface area contributed by atoms with Gasteiger partial charge in [0.2, 0.25) is 17.7 Å². The van der Waals surface area contributed by atoms with Crippen LogP contribution in [-0.4, -0.2) is 66.5 Å². The van der Waals surface area contributed by atoms with Gasteiger partial charge in [0.1, 0.15) is 18.0 Å². The first-order valence-electron chi connectivity index (χ1n) is 19.5. The zero-order valence-electron chi connectivity index (χ0n) is 33.4. The van der Waals surface area contributed by atoms with E-state index in [-0.39, 0.29) is 29.9 Å². The molecule has 57 heavy (non-hydrogen) atoms.